The van der Waals surface area contributed by atoms with E-state index in [2.05, 4.69) is 246 Å². The van der Waals surface area contributed by atoms with Gasteiger partial charge >= 0.3 is 0 Å². The molecule has 7 heteroatoms. The number of aromatic nitrogens is 2. The van der Waals surface area contributed by atoms with E-state index in [9.17, 15) is 11.8 Å². The van der Waals surface area contributed by atoms with Crippen LogP contribution in [0, 0.1) is 17.9 Å². The molecule has 0 fully saturated rings. The van der Waals surface area contributed by atoms with Crippen LogP contribution in [0.4, 0.5) is 5.69 Å². The quantitative estimate of drug-likeness (QED) is 0.149. The first kappa shape index (κ1) is 49.1. The Labute approximate surface area is 506 Å². The number of benzene rings is 13. The Morgan fingerprint density at radius 3 is 1.39 bits per heavy atom. The van der Waals surface area contributed by atoms with Crippen LogP contribution in [-0.2, 0) is 0 Å². The molecule has 5 aromatic heterocycles. The molecule has 0 radical (unpaired) electrons. The second-order valence-corrected chi connectivity index (χ2v) is 24.3. The second-order valence-electron chi connectivity index (χ2n) is 22.3. The van der Waals surface area contributed by atoms with Gasteiger partial charge in [-0.25, -0.2) is 4.85 Å². The molecule has 87 heavy (non-hydrogen) atoms. The van der Waals surface area contributed by atoms with Gasteiger partial charge < -0.3 is 13.6 Å². The Bertz CT molecular complexity index is 5840. The molecule has 5 nitrogen and oxygen atoms in total. The van der Waals surface area contributed by atoms with Crippen molar-refractivity contribution in [2.45, 2.75) is 0 Å². The van der Waals surface area contributed by atoms with Gasteiger partial charge in [-0.2, -0.15) is 5.26 Å². The molecule has 13 aromatic carbocycles. The molecule has 402 valence electrons. The molecule has 0 bridgehead atoms. The molecular formula is C80H44N4OS2. The number of hydrogen-bond donors (Lipinski definition) is 0. The van der Waals surface area contributed by atoms with Gasteiger partial charge in [-0.1, -0.05) is 249 Å². The third kappa shape index (κ3) is 7.04. The summed E-state index contributed by atoms with van der Waals surface area (Å²) in [6.07, 6.45) is 0. The molecular weight excluding hydrogens is 1100 g/mol. The van der Waals surface area contributed by atoms with Crippen LogP contribution in [0.1, 0.15) is 5.56 Å². The summed E-state index contributed by atoms with van der Waals surface area (Å²) >= 11 is 3.63. The lowest BCUT2D eigenvalue weighted by atomic mass is 9.88. The molecule has 0 aliphatic rings. The molecule has 18 rings (SSSR count). The maximum absolute atomic E-state index is 12.6. The summed E-state index contributed by atoms with van der Waals surface area (Å²) in [5.41, 5.74) is 17.4. The Morgan fingerprint density at radius 2 is 0.805 bits per heavy atom. The first-order valence-corrected chi connectivity index (χ1v) is 30.7. The van der Waals surface area contributed by atoms with Crippen LogP contribution in [0.25, 0.3) is 178 Å². The summed E-state index contributed by atoms with van der Waals surface area (Å²) in [6, 6.07) is 97.3. The minimum atomic E-state index is 0.382. The number of nitrogens with zero attached hydrogens (tertiary/aromatic N) is 4. The Balaban J connectivity index is 1.08. The lowest BCUT2D eigenvalue weighted by Crippen LogP contribution is -2.09. The van der Waals surface area contributed by atoms with Crippen molar-refractivity contribution in [3.05, 3.63) is 284 Å². The van der Waals surface area contributed by atoms with Gasteiger partial charge in [0.15, 0.2) is 0 Å². The molecule has 0 amide bonds. The normalized spacial score (nSPS) is 11.9. The van der Waals surface area contributed by atoms with Crippen molar-refractivity contribution in [3.63, 3.8) is 0 Å². The van der Waals surface area contributed by atoms with Gasteiger partial charge in [0.05, 0.1) is 55.0 Å². The van der Waals surface area contributed by atoms with Gasteiger partial charge in [0, 0.05) is 80.0 Å². The highest BCUT2D eigenvalue weighted by Gasteiger charge is 2.34. The Hall–Kier alpha value is -11.3. The van der Waals surface area contributed by atoms with Crippen molar-refractivity contribution >= 4 is 134 Å². The van der Waals surface area contributed by atoms with Crippen LogP contribution in [0.15, 0.2) is 271 Å². The van der Waals surface area contributed by atoms with Gasteiger partial charge in [-0.3, -0.25) is 0 Å². The van der Waals surface area contributed by atoms with Crippen molar-refractivity contribution in [2.75, 3.05) is 0 Å². The molecule has 0 aliphatic heterocycles. The summed E-state index contributed by atoms with van der Waals surface area (Å²) in [6.45, 7) is 9.66. The Morgan fingerprint density at radius 1 is 0.356 bits per heavy atom. The lowest BCUT2D eigenvalue weighted by Gasteiger charge is -2.26. The van der Waals surface area contributed by atoms with Crippen LogP contribution >= 0.6 is 22.7 Å². The Kier molecular flexibility index (Phi) is 10.8. The number of hydrogen-bond acceptors (Lipinski definition) is 4. The van der Waals surface area contributed by atoms with Crippen molar-refractivity contribution < 1.29 is 4.42 Å². The first-order chi connectivity index (χ1) is 43.1. The highest BCUT2D eigenvalue weighted by molar-refractivity contribution is 7.28. The average molecular weight is 1140 g/mol. The fourth-order valence-corrected chi connectivity index (χ4v) is 16.9. The monoisotopic (exact) mass is 1140 g/mol. The van der Waals surface area contributed by atoms with E-state index in [1.54, 1.807) is 0 Å². The smallest absolute Gasteiger partial charge is 0.220 e. The summed E-state index contributed by atoms with van der Waals surface area (Å²) in [7, 11) is 0. The molecule has 18 aromatic rings. The number of thiophene rings is 2. The fourth-order valence-electron chi connectivity index (χ4n) is 14.2. The number of fused-ring (bicyclic) bond motifs is 17. The fraction of sp³-hybridized carbons (Fsp3) is 0. The van der Waals surface area contributed by atoms with Crippen molar-refractivity contribution in [3.8, 4) is 73.1 Å². The summed E-state index contributed by atoms with van der Waals surface area (Å²) in [5.74, 6) is 0. The standard InChI is InChI=1S/C80H44N4OS2/c1-82-71-68(49-26-10-4-11-27-49)64(46-81)72(69(50-28-12-5-13-29-50)75(71)83-65-39-16-14-31-63(65)70-54(34-21-40-66(70)83)58-36-20-35-57-53-30-15-17-41-67(53)85-76(57)58)84-73-55(42-44-61-59-37-18-32-51(77(59)86-79(61)73)47-22-6-2-7-23-47)56-43-45-62-60-38-19-33-52(48-24-8-3-9-25-48)78(60)87-80(62)74(56)84/h2-45H. The van der Waals surface area contributed by atoms with Crippen molar-refractivity contribution in [1.29, 1.82) is 5.26 Å². The lowest BCUT2D eigenvalue weighted by molar-refractivity contribution is 0.670. The van der Waals surface area contributed by atoms with E-state index in [-0.39, 0.29) is 0 Å². The molecule has 0 N–H and O–H groups in total. The van der Waals surface area contributed by atoms with E-state index >= 15 is 0 Å². The maximum atomic E-state index is 12.6. The predicted molar refractivity (Wildman–Crippen MR) is 366 cm³/mol. The minimum absolute atomic E-state index is 0.382. The van der Waals surface area contributed by atoms with E-state index in [0.29, 0.717) is 28.2 Å². The topological polar surface area (TPSA) is 51.1 Å². The summed E-state index contributed by atoms with van der Waals surface area (Å²) in [4.78, 5) is 4.70. The molecule has 0 atom stereocenters. The maximum Gasteiger partial charge on any atom is 0.220 e. The minimum Gasteiger partial charge on any atom is -0.455 e. The third-order valence-electron chi connectivity index (χ3n) is 17.8. The zero-order valence-electron chi connectivity index (χ0n) is 46.4. The van der Waals surface area contributed by atoms with Gasteiger partial charge in [0.25, 0.3) is 0 Å². The second kappa shape index (κ2) is 19.1. The zero-order chi connectivity index (χ0) is 57.4. The molecule has 0 saturated heterocycles. The van der Waals surface area contributed by atoms with E-state index < -0.39 is 0 Å². The number of rotatable bonds is 7. The van der Waals surface area contributed by atoms with Crippen molar-refractivity contribution in [1.82, 2.24) is 9.13 Å². The van der Waals surface area contributed by atoms with Gasteiger partial charge in [0.2, 0.25) is 5.69 Å². The molecule has 0 aliphatic carbocycles. The largest absolute Gasteiger partial charge is 0.455 e. The van der Waals surface area contributed by atoms with Crippen molar-refractivity contribution in [2.24, 2.45) is 0 Å². The highest BCUT2D eigenvalue weighted by Crippen LogP contribution is 2.56. The average Bonchev–Trinajstić information content (AvgIpc) is 1.61. The third-order valence-corrected chi connectivity index (χ3v) is 20.3. The zero-order valence-corrected chi connectivity index (χ0v) is 48.1. The van der Waals surface area contributed by atoms with Gasteiger partial charge in [-0.15, -0.1) is 22.7 Å². The van der Waals surface area contributed by atoms with Crippen LogP contribution in [0.2, 0.25) is 0 Å². The van der Waals surface area contributed by atoms with Crippen LogP contribution in [-0.4, -0.2) is 9.13 Å². The van der Waals surface area contributed by atoms with Gasteiger partial charge in [0.1, 0.15) is 17.2 Å². The first-order valence-electron chi connectivity index (χ1n) is 29.1. The molecule has 0 saturated carbocycles. The molecule has 0 spiro atoms. The summed E-state index contributed by atoms with van der Waals surface area (Å²) < 4.78 is 16.2. The van der Waals surface area contributed by atoms with E-state index in [4.69, 9.17) is 9.26 Å². The van der Waals surface area contributed by atoms with Crippen LogP contribution in [0.3, 0.4) is 0 Å². The summed E-state index contributed by atoms with van der Waals surface area (Å²) in [5, 5.41) is 23.5. The molecule has 5 heterocycles. The van der Waals surface area contributed by atoms with E-state index in [1.165, 1.54) is 31.3 Å². The number of para-hydroxylation sites is 3. The number of furan rings is 1. The van der Waals surface area contributed by atoms with Crippen LogP contribution in [0.5, 0.6) is 0 Å². The number of nitriles is 1. The molecule has 0 unspecified atom stereocenters. The van der Waals surface area contributed by atoms with E-state index in [1.807, 2.05) is 59.1 Å². The SMILES string of the molecule is [C-]#[N+]c1c(-c2ccccc2)c(C#N)c(-n2c3c(ccc4c5cccc(-c6ccccc6)c5sc43)c3ccc4c5cccc(-c6ccccc6)c5sc4c32)c(-c2ccccc2)c1-n1c2ccccc2c2c(-c3cccc4c3oc3ccccc34)cccc21. The predicted octanol–water partition coefficient (Wildman–Crippen LogP) is 23.3. The highest BCUT2D eigenvalue weighted by atomic mass is 32.1. The van der Waals surface area contributed by atoms with E-state index in [0.717, 1.165) is 125 Å². The van der Waals surface area contributed by atoms with Gasteiger partial charge in [-0.05, 0) is 57.1 Å². The van der Waals surface area contributed by atoms with Crippen LogP contribution < -0.4 is 0 Å².